The van der Waals surface area contributed by atoms with Crippen LogP contribution in [0.4, 0.5) is 18.9 Å². The van der Waals surface area contributed by atoms with Crippen molar-refractivity contribution >= 4 is 35.1 Å². The Hall–Kier alpha value is -4.39. The number of aromatic nitrogens is 2. The van der Waals surface area contributed by atoms with Gasteiger partial charge in [-0.05, 0) is 55.4 Å². The summed E-state index contributed by atoms with van der Waals surface area (Å²) in [5.41, 5.74) is 2.50. The highest BCUT2D eigenvalue weighted by atomic mass is 35.5. The van der Waals surface area contributed by atoms with Crippen LogP contribution >= 0.6 is 11.6 Å². The van der Waals surface area contributed by atoms with Crippen LogP contribution in [0.5, 0.6) is 5.75 Å². The van der Waals surface area contributed by atoms with Crippen LogP contribution in [0.15, 0.2) is 47.6 Å². The molecule has 0 radical (unpaired) electrons. The summed E-state index contributed by atoms with van der Waals surface area (Å²) < 4.78 is 49.2. The quantitative estimate of drug-likeness (QED) is 0.335. The number of amides is 1. The number of carbonyl (C=O) groups excluding carboxylic acids is 3. The van der Waals surface area contributed by atoms with E-state index in [0.29, 0.717) is 37.2 Å². The van der Waals surface area contributed by atoms with E-state index in [2.05, 4.69) is 20.2 Å². The normalized spacial score (nSPS) is 21.7. The molecule has 1 aromatic carbocycles. The number of aromatic hydroxyl groups is 1. The molecule has 9 rings (SSSR count). The standard InChI is InChI=1S/C34H34ClF3N4O6/c1-4-47-25(43)15-39-31(45)28-29(44)18(3)40-30(41-28)17(2)33(26-19-5-6-20(26)8-7-19)21-11-13-42(14-12-21)24-10-9-23(33)27(35)22(24)16-48-32(46)34(36,37)38/h5-10,17,21,26,44H,4,11-16H2,1-3H3,(H,39,45). The Morgan fingerprint density at radius 1 is 1.12 bits per heavy atom. The van der Waals surface area contributed by atoms with Crippen LogP contribution in [0.2, 0.25) is 5.02 Å². The van der Waals surface area contributed by atoms with Gasteiger partial charge in [0.25, 0.3) is 5.91 Å². The number of nitrogens with zero attached hydrogens (tertiary/aromatic N) is 3. The minimum absolute atomic E-state index is 0.0397. The first-order valence-electron chi connectivity index (χ1n) is 15.7. The number of nitrogens with one attached hydrogen (secondary N) is 1. The molecule has 2 atom stereocenters. The lowest BCUT2D eigenvalue weighted by Crippen LogP contribution is -2.50. The smallest absolute Gasteiger partial charge is 0.490 e. The first kappa shape index (κ1) is 33.5. The topological polar surface area (TPSA) is 131 Å². The van der Waals surface area contributed by atoms with Gasteiger partial charge in [0.15, 0.2) is 11.4 Å². The van der Waals surface area contributed by atoms with Crippen molar-refractivity contribution in [2.75, 3.05) is 31.1 Å². The number of allylic oxidation sites excluding steroid dienone is 6. The summed E-state index contributed by atoms with van der Waals surface area (Å²) in [5, 5.41) is 13.5. The monoisotopic (exact) mass is 686 g/mol. The predicted octanol–water partition coefficient (Wildman–Crippen LogP) is 5.37. The zero-order valence-corrected chi connectivity index (χ0v) is 27.2. The molecular weight excluding hydrogens is 653 g/mol. The molecule has 1 fully saturated rings. The number of anilines is 1. The maximum atomic E-state index is 13.2. The lowest BCUT2D eigenvalue weighted by atomic mass is 9.52. The fourth-order valence-electron chi connectivity index (χ4n) is 7.87. The van der Waals surface area contributed by atoms with Gasteiger partial charge in [-0.2, -0.15) is 13.2 Å². The number of piperidine rings is 1. The van der Waals surface area contributed by atoms with E-state index in [1.807, 2.05) is 43.4 Å². The number of aryl methyl sites for hydroxylation is 1. The average Bonchev–Trinajstić information content (AvgIpc) is 3.69. The van der Waals surface area contributed by atoms with Crippen molar-refractivity contribution < 1.29 is 42.1 Å². The second-order valence-electron chi connectivity index (χ2n) is 12.4. The molecule has 254 valence electrons. The Labute approximate surface area is 279 Å². The van der Waals surface area contributed by atoms with Crippen LogP contribution < -0.4 is 10.2 Å². The molecule has 1 aromatic heterocycles. The summed E-state index contributed by atoms with van der Waals surface area (Å²) in [6.45, 7) is 5.29. The van der Waals surface area contributed by atoms with Gasteiger partial charge in [-0.25, -0.2) is 14.8 Å². The lowest BCUT2D eigenvalue weighted by molar-refractivity contribution is -0.201. The number of benzene rings is 1. The van der Waals surface area contributed by atoms with Gasteiger partial charge >= 0.3 is 18.1 Å². The van der Waals surface area contributed by atoms with E-state index in [1.54, 1.807) is 13.8 Å². The minimum Gasteiger partial charge on any atom is -0.504 e. The fourth-order valence-corrected chi connectivity index (χ4v) is 8.25. The minimum atomic E-state index is -5.17. The van der Waals surface area contributed by atoms with Crippen molar-refractivity contribution in [1.82, 2.24) is 15.3 Å². The van der Waals surface area contributed by atoms with Crippen LogP contribution in [0.1, 0.15) is 65.7 Å². The van der Waals surface area contributed by atoms with Gasteiger partial charge in [-0.3, -0.25) is 9.59 Å². The van der Waals surface area contributed by atoms with Gasteiger partial charge in [0.2, 0.25) is 0 Å². The van der Waals surface area contributed by atoms with Gasteiger partial charge in [-0.1, -0.05) is 48.9 Å². The van der Waals surface area contributed by atoms with E-state index >= 15 is 0 Å². The summed E-state index contributed by atoms with van der Waals surface area (Å²) in [6.07, 6.45) is 4.34. The maximum absolute atomic E-state index is 13.2. The van der Waals surface area contributed by atoms with Crippen molar-refractivity contribution in [3.8, 4) is 5.75 Å². The number of hydrogen-bond donors (Lipinski definition) is 2. The van der Waals surface area contributed by atoms with Crippen LogP contribution in [0.25, 0.3) is 0 Å². The van der Waals surface area contributed by atoms with Crippen molar-refractivity contribution in [3.05, 3.63) is 80.9 Å². The van der Waals surface area contributed by atoms with Gasteiger partial charge in [-0.15, -0.1) is 0 Å². The van der Waals surface area contributed by atoms with Crippen LogP contribution in [0.3, 0.4) is 0 Å². The third-order valence-corrected chi connectivity index (χ3v) is 10.4. The number of hydrogen-bond acceptors (Lipinski definition) is 9. The third kappa shape index (κ3) is 5.51. The number of esters is 2. The molecule has 48 heavy (non-hydrogen) atoms. The molecule has 14 heteroatoms. The molecule has 6 bridgehead atoms. The molecule has 5 aliphatic heterocycles. The first-order valence-corrected chi connectivity index (χ1v) is 16.1. The second-order valence-corrected chi connectivity index (χ2v) is 12.7. The zero-order valence-electron chi connectivity index (χ0n) is 26.5. The van der Waals surface area contributed by atoms with E-state index in [1.165, 1.54) is 0 Å². The molecule has 2 unspecified atom stereocenters. The van der Waals surface area contributed by atoms with Crippen LogP contribution in [-0.4, -0.2) is 65.3 Å². The van der Waals surface area contributed by atoms with E-state index in [4.69, 9.17) is 21.1 Å². The first-order chi connectivity index (χ1) is 22.8. The summed E-state index contributed by atoms with van der Waals surface area (Å²) in [4.78, 5) is 48.3. The van der Waals surface area contributed by atoms with Crippen molar-refractivity contribution in [1.29, 1.82) is 0 Å². The molecule has 10 nitrogen and oxygen atoms in total. The van der Waals surface area contributed by atoms with Gasteiger partial charge in [0.1, 0.15) is 19.0 Å². The summed E-state index contributed by atoms with van der Waals surface area (Å²) in [6, 6.07) is 3.70. The second kappa shape index (κ2) is 12.6. The molecule has 2 aromatic rings. The largest absolute Gasteiger partial charge is 0.504 e. The van der Waals surface area contributed by atoms with Gasteiger partial charge in [0.05, 0.1) is 17.3 Å². The number of ether oxygens (including phenoxy) is 2. The maximum Gasteiger partial charge on any atom is 0.490 e. The third-order valence-electron chi connectivity index (χ3n) is 9.95. The molecule has 6 heterocycles. The number of fused-ring (bicyclic) bond motifs is 2. The molecule has 0 saturated carbocycles. The number of alkyl halides is 3. The molecular formula is C34H34ClF3N4O6. The summed E-state index contributed by atoms with van der Waals surface area (Å²) in [5.74, 6) is -4.80. The van der Waals surface area contributed by atoms with E-state index < -0.39 is 54.3 Å². The molecule has 1 amide bonds. The molecule has 7 aliphatic rings. The zero-order chi connectivity index (χ0) is 34.5. The summed E-state index contributed by atoms with van der Waals surface area (Å²) >= 11 is 7.25. The van der Waals surface area contributed by atoms with Crippen molar-refractivity contribution in [3.63, 3.8) is 0 Å². The number of carbonyl (C=O) groups is 3. The van der Waals surface area contributed by atoms with Crippen molar-refractivity contribution in [2.45, 2.75) is 57.7 Å². The number of halogens is 4. The molecule has 2 N–H and O–H groups in total. The van der Waals surface area contributed by atoms with E-state index in [-0.39, 0.29) is 46.2 Å². The van der Waals surface area contributed by atoms with Crippen LogP contribution in [0, 0.1) is 18.8 Å². The molecule has 0 spiro atoms. The molecule has 2 aliphatic carbocycles. The fraction of sp³-hybridized carbons (Fsp3) is 0.441. The van der Waals surface area contributed by atoms with E-state index in [9.17, 15) is 32.7 Å². The summed E-state index contributed by atoms with van der Waals surface area (Å²) in [7, 11) is 0. The van der Waals surface area contributed by atoms with Crippen molar-refractivity contribution in [2.24, 2.45) is 11.8 Å². The average molecular weight is 687 g/mol. The highest BCUT2D eigenvalue weighted by Crippen LogP contribution is 2.62. The Kier molecular flexibility index (Phi) is 8.78. The predicted molar refractivity (Wildman–Crippen MR) is 169 cm³/mol. The Balaban J connectivity index is 1.52. The highest BCUT2D eigenvalue weighted by molar-refractivity contribution is 6.32. The Morgan fingerprint density at radius 2 is 1.79 bits per heavy atom. The number of rotatable bonds is 9. The van der Waals surface area contributed by atoms with Gasteiger partial charge in [0, 0.05) is 41.6 Å². The lowest BCUT2D eigenvalue weighted by Gasteiger charge is -2.51. The van der Waals surface area contributed by atoms with Gasteiger partial charge < -0.3 is 24.8 Å². The SMILES string of the molecule is CCOC(=O)CNC(=O)c1nc(C(C)C2(C3C4=CC=C3C=C4)c3ccc(c(COC(=O)C(F)(F)F)c3Cl)N3CCC2CC3)nc(C)c1O. The highest BCUT2D eigenvalue weighted by Gasteiger charge is 2.57. The Morgan fingerprint density at radius 3 is 2.40 bits per heavy atom. The Bertz CT molecular complexity index is 1760. The van der Waals surface area contributed by atoms with E-state index in [0.717, 1.165) is 11.1 Å². The van der Waals surface area contributed by atoms with Crippen LogP contribution in [-0.2, 0) is 31.1 Å². The molecule has 1 saturated heterocycles.